The molecule has 1 unspecified atom stereocenters. The zero-order valence-electron chi connectivity index (χ0n) is 15.0. The Morgan fingerprint density at radius 2 is 1.85 bits per heavy atom. The number of amides is 1. The summed E-state index contributed by atoms with van der Waals surface area (Å²) in [4.78, 5) is 25.3. The molecule has 0 fully saturated rings. The monoisotopic (exact) mass is 365 g/mol. The van der Waals surface area contributed by atoms with Crippen molar-refractivity contribution in [1.82, 2.24) is 0 Å². The molecule has 3 aromatic rings. The minimum absolute atomic E-state index is 0.233. The minimum atomic E-state index is -1.13. The van der Waals surface area contributed by atoms with Crippen molar-refractivity contribution in [1.29, 1.82) is 0 Å². The Morgan fingerprint density at radius 3 is 2.52 bits per heavy atom. The molecule has 1 heterocycles. The van der Waals surface area contributed by atoms with Gasteiger partial charge < -0.3 is 19.2 Å². The van der Waals surface area contributed by atoms with Gasteiger partial charge in [0.25, 0.3) is 5.91 Å². The minimum Gasteiger partial charge on any atom is -0.495 e. The summed E-state index contributed by atoms with van der Waals surface area (Å²) in [5, 5.41) is 2.79. The van der Waals surface area contributed by atoms with Crippen molar-refractivity contribution < 1.29 is 23.5 Å². The molecule has 1 atom stereocenters. The largest absolute Gasteiger partial charge is 0.495 e. The number of benzene rings is 2. The van der Waals surface area contributed by atoms with Crippen LogP contribution in [0.15, 0.2) is 71.5 Å². The quantitative estimate of drug-likeness (QED) is 0.665. The van der Waals surface area contributed by atoms with E-state index >= 15 is 0 Å². The van der Waals surface area contributed by atoms with Gasteiger partial charge in [-0.1, -0.05) is 36.4 Å². The molecule has 0 saturated heterocycles. The molecule has 1 aromatic heterocycles. The van der Waals surface area contributed by atoms with Gasteiger partial charge in [0.2, 0.25) is 6.10 Å². The molecule has 0 radical (unpaired) electrons. The fourth-order valence-corrected chi connectivity index (χ4v) is 2.57. The number of rotatable bonds is 6. The van der Waals surface area contributed by atoms with Gasteiger partial charge in [-0.15, -0.1) is 0 Å². The van der Waals surface area contributed by atoms with Crippen LogP contribution in [-0.2, 0) is 9.53 Å². The number of hydrogen-bond acceptors (Lipinski definition) is 5. The summed E-state index contributed by atoms with van der Waals surface area (Å²) in [6.45, 7) is 1.91. The molecular formula is C21H19NO5. The van der Waals surface area contributed by atoms with Crippen molar-refractivity contribution in [2.45, 2.75) is 13.0 Å². The highest BCUT2D eigenvalue weighted by atomic mass is 16.5. The third kappa shape index (κ3) is 4.36. The van der Waals surface area contributed by atoms with E-state index in [1.54, 1.807) is 36.4 Å². The van der Waals surface area contributed by atoms with E-state index in [0.717, 1.165) is 5.56 Å². The first-order valence-electron chi connectivity index (χ1n) is 8.32. The van der Waals surface area contributed by atoms with Crippen molar-refractivity contribution in [2.75, 3.05) is 12.4 Å². The van der Waals surface area contributed by atoms with Gasteiger partial charge in [0.1, 0.15) is 12.0 Å². The summed E-state index contributed by atoms with van der Waals surface area (Å²) < 4.78 is 15.7. The van der Waals surface area contributed by atoms with E-state index in [1.807, 2.05) is 19.1 Å². The predicted octanol–water partition coefficient (Wildman–Crippen LogP) is 4.13. The van der Waals surface area contributed by atoms with Gasteiger partial charge in [-0.2, -0.15) is 0 Å². The highest BCUT2D eigenvalue weighted by molar-refractivity contribution is 5.99. The van der Waals surface area contributed by atoms with Gasteiger partial charge in [0.15, 0.2) is 0 Å². The molecule has 1 N–H and O–H groups in total. The Kier molecular flexibility index (Phi) is 5.56. The first-order chi connectivity index (χ1) is 13.1. The fraction of sp³-hybridized carbons (Fsp3) is 0.143. The van der Waals surface area contributed by atoms with Gasteiger partial charge in [0.05, 0.1) is 24.6 Å². The van der Waals surface area contributed by atoms with E-state index in [9.17, 15) is 9.59 Å². The number of furan rings is 1. The Labute approximate surface area is 156 Å². The highest BCUT2D eigenvalue weighted by Gasteiger charge is 2.27. The van der Waals surface area contributed by atoms with Crippen molar-refractivity contribution in [3.8, 4) is 5.75 Å². The molecule has 0 spiro atoms. The maximum absolute atomic E-state index is 12.9. The lowest BCUT2D eigenvalue weighted by Crippen LogP contribution is -2.26. The SMILES string of the molecule is COc1ccc(C)cc1NC(=O)C(OC(=O)c1ccoc1)c1ccccc1. The lowest BCUT2D eigenvalue weighted by molar-refractivity contribution is -0.125. The third-order valence-electron chi connectivity index (χ3n) is 3.94. The Morgan fingerprint density at radius 1 is 1.07 bits per heavy atom. The van der Waals surface area contributed by atoms with Gasteiger partial charge in [0, 0.05) is 5.56 Å². The molecule has 0 aliphatic rings. The van der Waals surface area contributed by atoms with Crippen LogP contribution >= 0.6 is 0 Å². The Bertz CT molecular complexity index is 919. The van der Waals surface area contributed by atoms with Crippen LogP contribution in [0, 0.1) is 6.92 Å². The molecule has 0 aliphatic carbocycles. The van der Waals surface area contributed by atoms with Gasteiger partial charge in [-0.3, -0.25) is 4.79 Å². The van der Waals surface area contributed by atoms with E-state index in [0.29, 0.717) is 17.0 Å². The first-order valence-corrected chi connectivity index (χ1v) is 8.32. The van der Waals surface area contributed by atoms with Gasteiger partial charge in [-0.25, -0.2) is 4.79 Å². The third-order valence-corrected chi connectivity index (χ3v) is 3.94. The second-order valence-corrected chi connectivity index (χ2v) is 5.90. The summed E-state index contributed by atoms with van der Waals surface area (Å²) >= 11 is 0. The van der Waals surface area contributed by atoms with Crippen LogP contribution < -0.4 is 10.1 Å². The van der Waals surface area contributed by atoms with Gasteiger partial charge >= 0.3 is 5.97 Å². The fourth-order valence-electron chi connectivity index (χ4n) is 2.57. The first kappa shape index (κ1) is 18.3. The molecule has 0 aliphatic heterocycles. The average molecular weight is 365 g/mol. The molecule has 6 nitrogen and oxygen atoms in total. The van der Waals surface area contributed by atoms with Crippen LogP contribution in [0.3, 0.4) is 0 Å². The van der Waals surface area contributed by atoms with Crippen molar-refractivity contribution in [2.24, 2.45) is 0 Å². The summed E-state index contributed by atoms with van der Waals surface area (Å²) in [6.07, 6.45) is 1.51. The van der Waals surface area contributed by atoms with Crippen LogP contribution in [-0.4, -0.2) is 19.0 Å². The molecule has 0 bridgehead atoms. The number of hydrogen-bond donors (Lipinski definition) is 1. The lowest BCUT2D eigenvalue weighted by atomic mass is 10.1. The number of nitrogens with one attached hydrogen (secondary N) is 1. The maximum atomic E-state index is 12.9. The average Bonchev–Trinajstić information content (AvgIpc) is 3.21. The van der Waals surface area contributed by atoms with E-state index in [2.05, 4.69) is 5.32 Å². The zero-order chi connectivity index (χ0) is 19.2. The molecule has 27 heavy (non-hydrogen) atoms. The number of aryl methyl sites for hydroxylation is 1. The standard InChI is InChI=1S/C21H19NO5/c1-14-8-9-18(25-2)17(12-14)22-20(23)19(15-6-4-3-5-7-15)27-21(24)16-10-11-26-13-16/h3-13,19H,1-2H3,(H,22,23). The molecule has 2 aromatic carbocycles. The van der Waals surface area contributed by atoms with Crippen LogP contribution in [0.25, 0.3) is 0 Å². The van der Waals surface area contributed by atoms with Crippen molar-refractivity contribution >= 4 is 17.6 Å². The molecular weight excluding hydrogens is 346 g/mol. The van der Waals surface area contributed by atoms with Crippen LogP contribution in [0.1, 0.15) is 27.6 Å². The number of carbonyl (C=O) groups is 2. The summed E-state index contributed by atoms with van der Waals surface area (Å²) in [7, 11) is 1.52. The molecule has 0 saturated carbocycles. The normalized spacial score (nSPS) is 11.5. The van der Waals surface area contributed by atoms with Crippen molar-refractivity contribution in [3.63, 3.8) is 0 Å². The predicted molar refractivity (Wildman–Crippen MR) is 99.7 cm³/mol. The van der Waals surface area contributed by atoms with Crippen LogP contribution in [0.2, 0.25) is 0 Å². The molecule has 6 heteroatoms. The summed E-state index contributed by atoms with van der Waals surface area (Å²) in [5.41, 5.74) is 2.25. The number of methoxy groups -OCH3 is 1. The van der Waals surface area contributed by atoms with E-state index in [-0.39, 0.29) is 5.56 Å². The van der Waals surface area contributed by atoms with Crippen LogP contribution in [0.4, 0.5) is 5.69 Å². The summed E-state index contributed by atoms with van der Waals surface area (Å²) in [5.74, 6) is -0.618. The van der Waals surface area contributed by atoms with E-state index in [1.165, 1.54) is 25.7 Å². The van der Waals surface area contributed by atoms with Crippen LogP contribution in [0.5, 0.6) is 5.75 Å². The molecule has 138 valence electrons. The second-order valence-electron chi connectivity index (χ2n) is 5.90. The number of esters is 1. The Hall–Kier alpha value is -3.54. The second kappa shape index (κ2) is 8.23. The zero-order valence-corrected chi connectivity index (χ0v) is 15.0. The Balaban J connectivity index is 1.87. The highest BCUT2D eigenvalue weighted by Crippen LogP contribution is 2.28. The number of carbonyl (C=O) groups excluding carboxylic acids is 2. The molecule has 1 amide bonds. The lowest BCUT2D eigenvalue weighted by Gasteiger charge is -2.19. The van der Waals surface area contributed by atoms with Crippen molar-refractivity contribution in [3.05, 3.63) is 83.8 Å². The smallest absolute Gasteiger partial charge is 0.342 e. The van der Waals surface area contributed by atoms with Gasteiger partial charge in [-0.05, 0) is 30.7 Å². The number of anilines is 1. The molecule has 3 rings (SSSR count). The van der Waals surface area contributed by atoms with E-state index in [4.69, 9.17) is 13.9 Å². The maximum Gasteiger partial charge on any atom is 0.342 e. The summed E-state index contributed by atoms with van der Waals surface area (Å²) in [6, 6.07) is 15.7. The van der Waals surface area contributed by atoms with E-state index < -0.39 is 18.0 Å². The number of ether oxygens (including phenoxy) is 2. The topological polar surface area (TPSA) is 77.8 Å².